The summed E-state index contributed by atoms with van der Waals surface area (Å²) in [6.07, 6.45) is 5.75. The first-order valence-corrected chi connectivity index (χ1v) is 15.6. The van der Waals surface area contributed by atoms with Crippen molar-refractivity contribution < 1.29 is 18.7 Å². The van der Waals surface area contributed by atoms with E-state index in [9.17, 15) is 4.79 Å². The summed E-state index contributed by atoms with van der Waals surface area (Å²) in [5, 5.41) is 2.41. The summed E-state index contributed by atoms with van der Waals surface area (Å²) in [6, 6.07) is 21.5. The summed E-state index contributed by atoms with van der Waals surface area (Å²) in [7, 11) is -2.71. The van der Waals surface area contributed by atoms with Gasteiger partial charge in [0.15, 0.2) is 5.79 Å². The predicted octanol–water partition coefficient (Wildman–Crippen LogP) is 5.33. The van der Waals surface area contributed by atoms with Crippen molar-refractivity contribution in [2.24, 2.45) is 23.7 Å². The Labute approximate surface area is 217 Å². The molecule has 0 aromatic heterocycles. The number of hydrogen-bond acceptors (Lipinski definition) is 4. The molecule has 0 N–H and O–H groups in total. The lowest BCUT2D eigenvalue weighted by Gasteiger charge is -2.50. The molecule has 0 spiro atoms. The second-order valence-electron chi connectivity index (χ2n) is 12.5. The maximum Gasteiger partial charge on any atom is 0.261 e. The van der Waals surface area contributed by atoms with Crippen LogP contribution in [0, 0.1) is 23.7 Å². The van der Waals surface area contributed by atoms with Crippen molar-refractivity contribution in [2.45, 2.75) is 83.3 Å². The average molecular weight is 507 g/mol. The molecule has 4 nitrogen and oxygen atoms in total. The normalized spacial score (nSPS) is 31.9. The van der Waals surface area contributed by atoms with Crippen LogP contribution < -0.4 is 10.4 Å². The molecular weight excluding hydrogens is 464 g/mol. The molecule has 5 rings (SSSR count). The first-order chi connectivity index (χ1) is 17.2. The van der Waals surface area contributed by atoms with E-state index in [4.69, 9.17) is 13.9 Å². The van der Waals surface area contributed by atoms with Crippen LogP contribution in [0.4, 0.5) is 0 Å². The standard InChI is InChI=1S/C31H42O4Si/c1-30(2,3)36(22-14-8-6-9-15-22,23-16-10-7-11-17-23)33-21-27-26(20-32)24-18-12-13-19-25(24)28-29(27)35-31(4,5)34-28/h6-11,14-17,20,24-29H,12-13,18-19,21H2,1-5H3/t24?,25-,26?,27+,28+,29+/m0/s1. The number of carbonyl (C=O) groups excluding carboxylic acids is 1. The summed E-state index contributed by atoms with van der Waals surface area (Å²) in [5.41, 5.74) is 0. The Morgan fingerprint density at radius 1 is 0.889 bits per heavy atom. The van der Waals surface area contributed by atoms with Gasteiger partial charge < -0.3 is 18.7 Å². The summed E-state index contributed by atoms with van der Waals surface area (Å²) in [4.78, 5) is 12.7. The number of benzene rings is 2. The van der Waals surface area contributed by atoms with Gasteiger partial charge in [-0.2, -0.15) is 0 Å². The lowest BCUT2D eigenvalue weighted by atomic mass is 9.60. The number of ether oxygens (including phenoxy) is 2. The third kappa shape index (κ3) is 4.42. The highest BCUT2D eigenvalue weighted by atomic mass is 28.4. The molecular formula is C31H42O4Si. The lowest BCUT2D eigenvalue weighted by molar-refractivity contribution is -0.153. The fraction of sp³-hybridized carbons (Fsp3) is 0.581. The van der Waals surface area contributed by atoms with E-state index < -0.39 is 14.1 Å². The third-order valence-corrected chi connectivity index (χ3v) is 13.9. The summed E-state index contributed by atoms with van der Waals surface area (Å²) >= 11 is 0. The highest BCUT2D eigenvalue weighted by Gasteiger charge is 2.59. The van der Waals surface area contributed by atoms with Gasteiger partial charge >= 0.3 is 0 Å². The van der Waals surface area contributed by atoms with Crippen molar-refractivity contribution in [3.05, 3.63) is 60.7 Å². The van der Waals surface area contributed by atoms with E-state index >= 15 is 0 Å². The van der Waals surface area contributed by atoms with Gasteiger partial charge in [0.2, 0.25) is 0 Å². The van der Waals surface area contributed by atoms with Gasteiger partial charge in [0.1, 0.15) is 6.29 Å². The molecule has 1 heterocycles. The first kappa shape index (κ1) is 25.8. The highest BCUT2D eigenvalue weighted by Crippen LogP contribution is 2.52. The van der Waals surface area contributed by atoms with Gasteiger partial charge in [-0.25, -0.2) is 0 Å². The van der Waals surface area contributed by atoms with Crippen molar-refractivity contribution in [3.63, 3.8) is 0 Å². The van der Waals surface area contributed by atoms with Crippen molar-refractivity contribution in [1.29, 1.82) is 0 Å². The van der Waals surface area contributed by atoms with Crippen molar-refractivity contribution in [1.82, 2.24) is 0 Å². The van der Waals surface area contributed by atoms with Crippen LogP contribution in [0.2, 0.25) is 5.04 Å². The van der Waals surface area contributed by atoms with Crippen LogP contribution >= 0.6 is 0 Å². The molecule has 36 heavy (non-hydrogen) atoms. The fourth-order valence-electron chi connectivity index (χ4n) is 7.48. The number of hydrogen-bond donors (Lipinski definition) is 0. The van der Waals surface area contributed by atoms with Crippen LogP contribution in [0.25, 0.3) is 0 Å². The fourth-order valence-corrected chi connectivity index (χ4v) is 12.1. The summed E-state index contributed by atoms with van der Waals surface area (Å²) in [6.45, 7) is 11.4. The Kier molecular flexibility index (Phi) is 7.05. The molecule has 2 unspecified atom stereocenters. The van der Waals surface area contributed by atoms with E-state index in [2.05, 4.69) is 81.4 Å². The molecule has 0 bridgehead atoms. The number of rotatable bonds is 6. The maximum atomic E-state index is 12.7. The third-order valence-electron chi connectivity index (χ3n) is 8.94. The van der Waals surface area contributed by atoms with Crippen molar-refractivity contribution in [3.8, 4) is 0 Å². The van der Waals surface area contributed by atoms with Crippen LogP contribution in [0.3, 0.4) is 0 Å². The molecule has 1 saturated heterocycles. The maximum absolute atomic E-state index is 12.7. The van der Waals surface area contributed by atoms with E-state index in [0.29, 0.717) is 18.4 Å². The van der Waals surface area contributed by atoms with Gasteiger partial charge in [0.05, 0.1) is 12.2 Å². The van der Waals surface area contributed by atoms with Crippen LogP contribution in [0.1, 0.15) is 60.3 Å². The zero-order valence-corrected chi connectivity index (χ0v) is 23.5. The smallest absolute Gasteiger partial charge is 0.261 e. The zero-order chi connectivity index (χ0) is 25.6. The molecule has 2 aromatic rings. The Bertz CT molecular complexity index is 992. The van der Waals surface area contributed by atoms with E-state index in [0.717, 1.165) is 12.8 Å². The van der Waals surface area contributed by atoms with Gasteiger partial charge in [0, 0.05) is 18.4 Å². The monoisotopic (exact) mass is 506 g/mol. The second kappa shape index (κ2) is 9.83. The Balaban J connectivity index is 1.56. The van der Waals surface area contributed by atoms with E-state index in [1.54, 1.807) is 0 Å². The van der Waals surface area contributed by atoms with Crippen LogP contribution in [-0.4, -0.2) is 39.2 Å². The van der Waals surface area contributed by atoms with Gasteiger partial charge in [-0.1, -0.05) is 94.3 Å². The Hall–Kier alpha value is -1.79. The molecule has 1 aliphatic heterocycles. The highest BCUT2D eigenvalue weighted by molar-refractivity contribution is 6.99. The van der Waals surface area contributed by atoms with Gasteiger partial charge in [-0.05, 0) is 53.9 Å². The molecule has 0 amide bonds. The molecule has 194 valence electrons. The lowest BCUT2D eigenvalue weighted by Crippen LogP contribution is -2.67. The number of aldehydes is 1. The minimum absolute atomic E-state index is 0.0183. The summed E-state index contributed by atoms with van der Waals surface area (Å²) in [5.74, 6) is 0.0280. The van der Waals surface area contributed by atoms with Crippen LogP contribution in [0.5, 0.6) is 0 Å². The minimum atomic E-state index is -2.71. The van der Waals surface area contributed by atoms with E-state index in [1.165, 1.54) is 29.5 Å². The largest absolute Gasteiger partial charge is 0.407 e. The topological polar surface area (TPSA) is 44.8 Å². The van der Waals surface area contributed by atoms with E-state index in [-0.39, 0.29) is 29.1 Å². The molecule has 3 fully saturated rings. The predicted molar refractivity (Wildman–Crippen MR) is 146 cm³/mol. The second-order valence-corrected chi connectivity index (χ2v) is 16.8. The minimum Gasteiger partial charge on any atom is -0.407 e. The Morgan fingerprint density at radius 2 is 1.42 bits per heavy atom. The molecule has 3 aliphatic rings. The molecule has 6 atom stereocenters. The zero-order valence-electron chi connectivity index (χ0n) is 22.5. The van der Waals surface area contributed by atoms with Crippen molar-refractivity contribution in [2.75, 3.05) is 6.61 Å². The molecule has 0 radical (unpaired) electrons. The van der Waals surface area contributed by atoms with Gasteiger partial charge in [-0.15, -0.1) is 0 Å². The Morgan fingerprint density at radius 3 is 1.94 bits per heavy atom. The van der Waals surface area contributed by atoms with Crippen LogP contribution in [0.15, 0.2) is 60.7 Å². The van der Waals surface area contributed by atoms with E-state index in [1.807, 2.05) is 13.8 Å². The molecule has 2 aliphatic carbocycles. The first-order valence-electron chi connectivity index (χ1n) is 13.7. The molecule has 5 heteroatoms. The van der Waals surface area contributed by atoms with Crippen molar-refractivity contribution >= 4 is 25.0 Å². The average Bonchev–Trinajstić information content (AvgIpc) is 3.20. The molecule has 2 aromatic carbocycles. The number of carbonyl (C=O) groups is 1. The SMILES string of the molecule is CC1(C)O[C@H]2[C@H](O1)[C@H]1CCCCC1C(C=O)[C@H]2CO[Si](c1ccccc1)(c1ccccc1)C(C)(C)C. The molecule has 2 saturated carbocycles. The van der Waals surface area contributed by atoms with Crippen LogP contribution in [-0.2, 0) is 18.7 Å². The van der Waals surface area contributed by atoms with Gasteiger partial charge in [-0.3, -0.25) is 0 Å². The van der Waals surface area contributed by atoms with Gasteiger partial charge in [0.25, 0.3) is 8.32 Å². The number of fused-ring (bicyclic) bond motifs is 3. The quantitative estimate of drug-likeness (QED) is 0.392. The summed E-state index contributed by atoms with van der Waals surface area (Å²) < 4.78 is 20.4.